The molecule has 0 unspecified atom stereocenters. The van der Waals surface area contributed by atoms with Gasteiger partial charge in [0.1, 0.15) is 0 Å². The third kappa shape index (κ3) is 4.09. The number of halogens is 2. The standard InChI is InChI=1S/C11H12Cl2N2/c12-10-5-4-8(6-11(10)13)2-1-3-9(15)7-14/h4-6,9H,1-3,15H2/t9-/m0/s1. The maximum absolute atomic E-state index is 8.50. The highest BCUT2D eigenvalue weighted by Gasteiger charge is 2.02. The lowest BCUT2D eigenvalue weighted by molar-refractivity contribution is 0.674. The number of hydrogen-bond acceptors (Lipinski definition) is 2. The molecule has 0 heterocycles. The summed E-state index contributed by atoms with van der Waals surface area (Å²) in [5.74, 6) is 0. The van der Waals surface area contributed by atoms with E-state index in [4.69, 9.17) is 34.2 Å². The van der Waals surface area contributed by atoms with Crippen molar-refractivity contribution in [2.75, 3.05) is 0 Å². The van der Waals surface area contributed by atoms with Gasteiger partial charge in [0.05, 0.1) is 22.2 Å². The molecule has 0 aliphatic carbocycles. The van der Waals surface area contributed by atoms with Crippen molar-refractivity contribution in [2.24, 2.45) is 5.73 Å². The zero-order chi connectivity index (χ0) is 11.3. The molecule has 0 aliphatic heterocycles. The van der Waals surface area contributed by atoms with E-state index in [1.165, 1.54) is 0 Å². The molecule has 1 rings (SSSR count). The maximum atomic E-state index is 8.50. The minimum absolute atomic E-state index is 0.368. The summed E-state index contributed by atoms with van der Waals surface area (Å²) >= 11 is 11.7. The van der Waals surface area contributed by atoms with Crippen molar-refractivity contribution >= 4 is 23.2 Å². The highest BCUT2D eigenvalue weighted by Crippen LogP contribution is 2.23. The summed E-state index contributed by atoms with van der Waals surface area (Å²) in [6, 6.07) is 7.20. The van der Waals surface area contributed by atoms with Gasteiger partial charge in [-0.1, -0.05) is 29.3 Å². The van der Waals surface area contributed by atoms with E-state index in [-0.39, 0.29) is 6.04 Å². The van der Waals surface area contributed by atoms with E-state index < -0.39 is 0 Å². The van der Waals surface area contributed by atoms with Gasteiger partial charge >= 0.3 is 0 Å². The van der Waals surface area contributed by atoms with Crippen LogP contribution in [-0.2, 0) is 6.42 Å². The van der Waals surface area contributed by atoms with Gasteiger partial charge in [-0.25, -0.2) is 0 Å². The molecule has 0 spiro atoms. The summed E-state index contributed by atoms with van der Waals surface area (Å²) in [5, 5.41) is 9.63. The number of nitriles is 1. The second-order valence-corrected chi connectivity index (χ2v) is 4.19. The largest absolute Gasteiger partial charge is 0.316 e. The summed E-state index contributed by atoms with van der Waals surface area (Å²) in [6.07, 6.45) is 2.45. The van der Waals surface area contributed by atoms with Gasteiger partial charge in [0.2, 0.25) is 0 Å². The molecular weight excluding hydrogens is 231 g/mol. The van der Waals surface area contributed by atoms with Crippen LogP contribution in [0.25, 0.3) is 0 Å². The number of benzene rings is 1. The molecule has 80 valence electrons. The van der Waals surface area contributed by atoms with E-state index in [2.05, 4.69) is 0 Å². The first kappa shape index (κ1) is 12.3. The summed E-state index contributed by atoms with van der Waals surface area (Å²) in [5.41, 5.74) is 6.60. The minimum Gasteiger partial charge on any atom is -0.316 e. The van der Waals surface area contributed by atoms with E-state index in [1.54, 1.807) is 6.07 Å². The Kier molecular flexibility index (Phi) is 4.90. The van der Waals surface area contributed by atoms with Gasteiger partial charge in [0.15, 0.2) is 0 Å². The Balaban J connectivity index is 2.45. The minimum atomic E-state index is -0.368. The molecule has 15 heavy (non-hydrogen) atoms. The van der Waals surface area contributed by atoms with Crippen LogP contribution < -0.4 is 5.73 Å². The Hall–Kier alpha value is -0.750. The zero-order valence-electron chi connectivity index (χ0n) is 8.21. The second-order valence-electron chi connectivity index (χ2n) is 3.38. The van der Waals surface area contributed by atoms with Crippen molar-refractivity contribution < 1.29 is 0 Å². The average molecular weight is 243 g/mol. The van der Waals surface area contributed by atoms with Gasteiger partial charge < -0.3 is 5.73 Å². The van der Waals surface area contributed by atoms with Crippen LogP contribution in [0.15, 0.2) is 18.2 Å². The molecule has 4 heteroatoms. The molecule has 1 aromatic carbocycles. The van der Waals surface area contributed by atoms with Gasteiger partial charge in [-0.3, -0.25) is 0 Å². The van der Waals surface area contributed by atoms with Crippen molar-refractivity contribution in [1.29, 1.82) is 5.26 Å². The van der Waals surface area contributed by atoms with Crippen LogP contribution >= 0.6 is 23.2 Å². The first-order valence-electron chi connectivity index (χ1n) is 4.72. The third-order valence-corrected chi connectivity index (χ3v) is 2.87. The molecule has 0 amide bonds. The topological polar surface area (TPSA) is 49.8 Å². The lowest BCUT2D eigenvalue weighted by Gasteiger charge is -2.04. The molecule has 0 radical (unpaired) electrons. The van der Waals surface area contributed by atoms with Gasteiger partial charge in [0, 0.05) is 0 Å². The average Bonchev–Trinajstić information content (AvgIpc) is 2.23. The number of nitrogens with zero attached hydrogens (tertiary/aromatic N) is 1. The fourth-order valence-electron chi connectivity index (χ4n) is 1.29. The molecule has 2 N–H and O–H groups in total. The fraction of sp³-hybridized carbons (Fsp3) is 0.364. The zero-order valence-corrected chi connectivity index (χ0v) is 9.72. The Morgan fingerprint density at radius 2 is 2.07 bits per heavy atom. The van der Waals surface area contributed by atoms with E-state index in [1.807, 2.05) is 18.2 Å². The van der Waals surface area contributed by atoms with E-state index >= 15 is 0 Å². The SMILES string of the molecule is N#C[C@@H](N)CCCc1ccc(Cl)c(Cl)c1. The Labute approximate surface area is 99.6 Å². The first-order valence-corrected chi connectivity index (χ1v) is 5.48. The normalized spacial score (nSPS) is 12.1. The number of nitrogens with two attached hydrogens (primary N) is 1. The summed E-state index contributed by atoms with van der Waals surface area (Å²) in [4.78, 5) is 0. The van der Waals surface area contributed by atoms with Crippen LogP contribution in [-0.4, -0.2) is 6.04 Å². The third-order valence-electron chi connectivity index (χ3n) is 2.13. The van der Waals surface area contributed by atoms with Gasteiger partial charge in [-0.2, -0.15) is 5.26 Å². The molecule has 0 saturated heterocycles. The van der Waals surface area contributed by atoms with Crippen LogP contribution in [0.2, 0.25) is 10.0 Å². The van der Waals surface area contributed by atoms with E-state index in [0.29, 0.717) is 16.5 Å². The quantitative estimate of drug-likeness (QED) is 0.882. The van der Waals surface area contributed by atoms with Crippen molar-refractivity contribution in [3.63, 3.8) is 0 Å². The second kappa shape index (κ2) is 5.97. The van der Waals surface area contributed by atoms with Gasteiger partial charge in [-0.15, -0.1) is 0 Å². The molecule has 1 aromatic rings. The Morgan fingerprint density at radius 3 is 2.67 bits per heavy atom. The predicted octanol–water partition coefficient (Wildman–Crippen LogP) is 3.17. The van der Waals surface area contributed by atoms with E-state index in [9.17, 15) is 0 Å². The predicted molar refractivity (Wildman–Crippen MR) is 63.0 cm³/mol. The summed E-state index contributed by atoms with van der Waals surface area (Å²) in [7, 11) is 0. The van der Waals surface area contributed by atoms with Gasteiger partial charge in [-0.05, 0) is 37.0 Å². The van der Waals surface area contributed by atoms with Crippen molar-refractivity contribution in [3.05, 3.63) is 33.8 Å². The number of aryl methyl sites for hydroxylation is 1. The lowest BCUT2D eigenvalue weighted by atomic mass is 10.1. The molecule has 0 saturated carbocycles. The molecular formula is C11H12Cl2N2. The van der Waals surface area contributed by atoms with Gasteiger partial charge in [0.25, 0.3) is 0 Å². The highest BCUT2D eigenvalue weighted by atomic mass is 35.5. The summed E-state index contributed by atoms with van der Waals surface area (Å²) < 4.78 is 0. The molecule has 0 aliphatic rings. The summed E-state index contributed by atoms with van der Waals surface area (Å²) in [6.45, 7) is 0. The Morgan fingerprint density at radius 1 is 1.33 bits per heavy atom. The maximum Gasteiger partial charge on any atom is 0.0928 e. The molecule has 0 aromatic heterocycles. The van der Waals surface area contributed by atoms with Crippen molar-refractivity contribution in [2.45, 2.75) is 25.3 Å². The Bertz CT molecular complexity index is 371. The molecule has 1 atom stereocenters. The fourth-order valence-corrected chi connectivity index (χ4v) is 1.61. The molecule has 2 nitrogen and oxygen atoms in total. The van der Waals surface area contributed by atoms with Crippen LogP contribution in [0, 0.1) is 11.3 Å². The van der Waals surface area contributed by atoms with Crippen molar-refractivity contribution in [1.82, 2.24) is 0 Å². The van der Waals surface area contributed by atoms with Crippen LogP contribution in [0.4, 0.5) is 0 Å². The van der Waals surface area contributed by atoms with Crippen LogP contribution in [0.3, 0.4) is 0 Å². The monoisotopic (exact) mass is 242 g/mol. The highest BCUT2D eigenvalue weighted by molar-refractivity contribution is 6.42. The van der Waals surface area contributed by atoms with E-state index in [0.717, 1.165) is 18.4 Å². The number of rotatable bonds is 4. The number of hydrogen-bond donors (Lipinski definition) is 1. The molecule has 0 fully saturated rings. The molecule has 0 bridgehead atoms. The smallest absolute Gasteiger partial charge is 0.0928 e. The first-order chi connectivity index (χ1) is 7.13. The van der Waals surface area contributed by atoms with Crippen LogP contribution in [0.1, 0.15) is 18.4 Å². The van der Waals surface area contributed by atoms with Crippen LogP contribution in [0.5, 0.6) is 0 Å². The lowest BCUT2D eigenvalue weighted by Crippen LogP contribution is -2.16. The van der Waals surface area contributed by atoms with Crippen molar-refractivity contribution in [3.8, 4) is 6.07 Å².